The summed E-state index contributed by atoms with van der Waals surface area (Å²) in [7, 11) is 0. The lowest BCUT2D eigenvalue weighted by Gasteiger charge is -2.12. The molecule has 21 heavy (non-hydrogen) atoms. The molecule has 0 heterocycles. The van der Waals surface area contributed by atoms with Gasteiger partial charge in [0.25, 0.3) is 5.91 Å². The summed E-state index contributed by atoms with van der Waals surface area (Å²) in [5.41, 5.74) is 2.01. The van der Waals surface area contributed by atoms with Gasteiger partial charge in [-0.1, -0.05) is 32.0 Å². The second-order valence-corrected chi connectivity index (χ2v) is 5.31. The van der Waals surface area contributed by atoms with E-state index in [1.807, 2.05) is 45.9 Å². The first kappa shape index (κ1) is 17.0. The molecule has 0 atom stereocenters. The Morgan fingerprint density at radius 3 is 2.24 bits per heavy atom. The molecule has 0 unspecified atom stereocenters. The SMILES string of the molecule is Cc1cccc(C)c1OCC(=O)NCCNC(=O)C(C)C. The topological polar surface area (TPSA) is 67.4 Å². The minimum atomic E-state index is -0.198. The van der Waals surface area contributed by atoms with Gasteiger partial charge in [-0.2, -0.15) is 0 Å². The summed E-state index contributed by atoms with van der Waals surface area (Å²) in [4.78, 5) is 23.0. The zero-order chi connectivity index (χ0) is 15.8. The molecule has 1 rings (SSSR count). The van der Waals surface area contributed by atoms with Crippen molar-refractivity contribution in [1.29, 1.82) is 0 Å². The third-order valence-corrected chi connectivity index (χ3v) is 3.03. The Balaban J connectivity index is 2.27. The van der Waals surface area contributed by atoms with Crippen LogP contribution >= 0.6 is 0 Å². The molecule has 116 valence electrons. The zero-order valence-electron chi connectivity index (χ0n) is 13.2. The van der Waals surface area contributed by atoms with E-state index in [1.165, 1.54) is 0 Å². The minimum Gasteiger partial charge on any atom is -0.483 e. The molecule has 0 bridgehead atoms. The Kier molecular flexibility index (Phi) is 6.72. The lowest BCUT2D eigenvalue weighted by atomic mass is 10.1. The van der Waals surface area contributed by atoms with Crippen molar-refractivity contribution in [3.63, 3.8) is 0 Å². The summed E-state index contributed by atoms with van der Waals surface area (Å²) >= 11 is 0. The molecule has 1 aromatic carbocycles. The predicted octanol–water partition coefficient (Wildman–Crippen LogP) is 1.57. The number of ether oxygens (including phenoxy) is 1. The molecule has 0 aliphatic carbocycles. The number of hydrogen-bond acceptors (Lipinski definition) is 3. The molecule has 2 amide bonds. The third kappa shape index (κ3) is 5.85. The highest BCUT2D eigenvalue weighted by Crippen LogP contribution is 2.21. The van der Waals surface area contributed by atoms with E-state index >= 15 is 0 Å². The molecule has 0 saturated heterocycles. The van der Waals surface area contributed by atoms with Gasteiger partial charge in [0.1, 0.15) is 5.75 Å². The van der Waals surface area contributed by atoms with E-state index in [2.05, 4.69) is 10.6 Å². The Morgan fingerprint density at radius 1 is 1.10 bits per heavy atom. The van der Waals surface area contributed by atoms with Crippen LogP contribution in [0.1, 0.15) is 25.0 Å². The van der Waals surface area contributed by atoms with Crippen LogP contribution in [0.5, 0.6) is 5.75 Å². The number of aryl methyl sites for hydroxylation is 2. The number of hydrogen-bond donors (Lipinski definition) is 2. The lowest BCUT2D eigenvalue weighted by Crippen LogP contribution is -2.38. The molecule has 0 fully saturated rings. The summed E-state index contributed by atoms with van der Waals surface area (Å²) in [6.45, 7) is 8.34. The summed E-state index contributed by atoms with van der Waals surface area (Å²) < 4.78 is 5.55. The van der Waals surface area contributed by atoms with Gasteiger partial charge >= 0.3 is 0 Å². The fraction of sp³-hybridized carbons (Fsp3) is 0.500. The number of benzene rings is 1. The monoisotopic (exact) mass is 292 g/mol. The van der Waals surface area contributed by atoms with Crippen LogP contribution in [0.25, 0.3) is 0 Å². The molecule has 5 heteroatoms. The van der Waals surface area contributed by atoms with Gasteiger partial charge in [-0.3, -0.25) is 9.59 Å². The quantitative estimate of drug-likeness (QED) is 0.750. The molecule has 0 saturated carbocycles. The number of carbonyl (C=O) groups excluding carboxylic acids is 2. The van der Waals surface area contributed by atoms with Gasteiger partial charge in [-0.25, -0.2) is 0 Å². The van der Waals surface area contributed by atoms with Crippen molar-refractivity contribution in [3.05, 3.63) is 29.3 Å². The van der Waals surface area contributed by atoms with Crippen LogP contribution in [0, 0.1) is 19.8 Å². The van der Waals surface area contributed by atoms with E-state index in [1.54, 1.807) is 0 Å². The number of nitrogens with one attached hydrogen (secondary N) is 2. The Hall–Kier alpha value is -2.04. The summed E-state index contributed by atoms with van der Waals surface area (Å²) in [6.07, 6.45) is 0. The fourth-order valence-corrected chi connectivity index (χ4v) is 1.81. The first-order valence-electron chi connectivity index (χ1n) is 7.15. The van der Waals surface area contributed by atoms with Crippen LogP contribution in [-0.2, 0) is 9.59 Å². The second kappa shape index (κ2) is 8.29. The van der Waals surface area contributed by atoms with Crippen LogP contribution in [0.15, 0.2) is 18.2 Å². The van der Waals surface area contributed by atoms with Gasteiger partial charge in [0, 0.05) is 19.0 Å². The molecule has 0 spiro atoms. The average molecular weight is 292 g/mol. The highest BCUT2D eigenvalue weighted by molar-refractivity contribution is 5.78. The molecule has 0 aromatic heterocycles. The van der Waals surface area contributed by atoms with Crippen LogP contribution in [0.2, 0.25) is 0 Å². The van der Waals surface area contributed by atoms with Gasteiger partial charge < -0.3 is 15.4 Å². The van der Waals surface area contributed by atoms with Crippen molar-refractivity contribution in [2.75, 3.05) is 19.7 Å². The van der Waals surface area contributed by atoms with E-state index in [-0.39, 0.29) is 24.3 Å². The first-order valence-corrected chi connectivity index (χ1v) is 7.15. The molecular formula is C16H24N2O3. The van der Waals surface area contributed by atoms with Gasteiger partial charge in [-0.05, 0) is 25.0 Å². The maximum Gasteiger partial charge on any atom is 0.258 e. The fourth-order valence-electron chi connectivity index (χ4n) is 1.81. The van der Waals surface area contributed by atoms with E-state index in [9.17, 15) is 9.59 Å². The first-order chi connectivity index (χ1) is 9.91. The normalized spacial score (nSPS) is 10.3. The van der Waals surface area contributed by atoms with E-state index < -0.39 is 0 Å². The highest BCUT2D eigenvalue weighted by atomic mass is 16.5. The summed E-state index contributed by atoms with van der Waals surface area (Å²) in [5.74, 6) is 0.487. The average Bonchev–Trinajstić information content (AvgIpc) is 2.42. The van der Waals surface area contributed by atoms with Gasteiger partial charge in [0.2, 0.25) is 5.91 Å². The van der Waals surface area contributed by atoms with E-state index in [0.717, 1.165) is 16.9 Å². The maximum absolute atomic E-state index is 11.7. The number of rotatable bonds is 7. The smallest absolute Gasteiger partial charge is 0.258 e. The second-order valence-electron chi connectivity index (χ2n) is 5.31. The van der Waals surface area contributed by atoms with Crippen molar-refractivity contribution in [3.8, 4) is 5.75 Å². The summed E-state index contributed by atoms with van der Waals surface area (Å²) in [5, 5.41) is 5.44. The summed E-state index contributed by atoms with van der Waals surface area (Å²) in [6, 6.07) is 5.85. The molecule has 2 N–H and O–H groups in total. The van der Waals surface area contributed by atoms with Gasteiger partial charge in [0.05, 0.1) is 0 Å². The standard InChI is InChI=1S/C16H24N2O3/c1-11(2)16(20)18-9-8-17-14(19)10-21-15-12(3)6-5-7-13(15)4/h5-7,11H,8-10H2,1-4H3,(H,17,19)(H,18,20). The Bertz CT molecular complexity index is 478. The molecule has 0 aliphatic rings. The molecular weight excluding hydrogens is 268 g/mol. The van der Waals surface area contributed by atoms with Crippen molar-refractivity contribution < 1.29 is 14.3 Å². The van der Waals surface area contributed by atoms with Crippen molar-refractivity contribution in [1.82, 2.24) is 10.6 Å². The van der Waals surface area contributed by atoms with Crippen LogP contribution in [0.4, 0.5) is 0 Å². The zero-order valence-corrected chi connectivity index (χ0v) is 13.2. The molecule has 5 nitrogen and oxygen atoms in total. The largest absolute Gasteiger partial charge is 0.483 e. The number of amides is 2. The van der Waals surface area contributed by atoms with Crippen LogP contribution in [-0.4, -0.2) is 31.5 Å². The van der Waals surface area contributed by atoms with Crippen LogP contribution in [0.3, 0.4) is 0 Å². The highest BCUT2D eigenvalue weighted by Gasteiger charge is 2.08. The third-order valence-electron chi connectivity index (χ3n) is 3.03. The molecule has 1 aromatic rings. The van der Waals surface area contributed by atoms with E-state index in [0.29, 0.717) is 13.1 Å². The van der Waals surface area contributed by atoms with Gasteiger partial charge in [-0.15, -0.1) is 0 Å². The predicted molar refractivity (Wildman–Crippen MR) is 82.3 cm³/mol. The maximum atomic E-state index is 11.7. The van der Waals surface area contributed by atoms with E-state index in [4.69, 9.17) is 4.74 Å². The Morgan fingerprint density at radius 2 is 1.67 bits per heavy atom. The lowest BCUT2D eigenvalue weighted by molar-refractivity contribution is -0.125. The van der Waals surface area contributed by atoms with Crippen molar-refractivity contribution in [2.24, 2.45) is 5.92 Å². The number of para-hydroxylation sites is 1. The molecule has 0 aliphatic heterocycles. The van der Waals surface area contributed by atoms with Crippen molar-refractivity contribution in [2.45, 2.75) is 27.7 Å². The minimum absolute atomic E-state index is 0.0176. The molecule has 0 radical (unpaired) electrons. The van der Waals surface area contributed by atoms with Crippen LogP contribution < -0.4 is 15.4 Å². The van der Waals surface area contributed by atoms with Crippen molar-refractivity contribution >= 4 is 11.8 Å². The Labute approximate surface area is 126 Å². The number of carbonyl (C=O) groups is 2. The van der Waals surface area contributed by atoms with Gasteiger partial charge in [0.15, 0.2) is 6.61 Å².